The van der Waals surface area contributed by atoms with Crippen LogP contribution in [0.3, 0.4) is 0 Å². The van der Waals surface area contributed by atoms with Gasteiger partial charge in [-0.2, -0.15) is 13.2 Å². The Hall–Kier alpha value is -0.930. The molecule has 0 aliphatic carbocycles. The van der Waals surface area contributed by atoms with Crippen LogP contribution in [0.1, 0.15) is 33.6 Å². The Balaban J connectivity index is 3.07. The van der Waals surface area contributed by atoms with Gasteiger partial charge in [0, 0.05) is 21.8 Å². The summed E-state index contributed by atoms with van der Waals surface area (Å²) in [6.45, 7) is 5.90. The molecule has 0 heterocycles. The number of alkyl halides is 3. The fraction of sp³-hybridized carbons (Fsp3) is 0.600. The molecular formula is C15H24F3O4S2+. The molecule has 0 bridgehead atoms. The lowest BCUT2D eigenvalue weighted by molar-refractivity contribution is -0.0540. The van der Waals surface area contributed by atoms with Gasteiger partial charge in [-0.3, -0.25) is 3.63 Å². The van der Waals surface area contributed by atoms with Crippen LogP contribution in [0.25, 0.3) is 0 Å². The molecule has 0 atom stereocenters. The smallest absolute Gasteiger partial charge is 0.494 e. The van der Waals surface area contributed by atoms with Gasteiger partial charge in [0.1, 0.15) is 5.75 Å². The third-order valence-corrected chi connectivity index (χ3v) is 9.09. The zero-order valence-corrected chi connectivity index (χ0v) is 15.6. The van der Waals surface area contributed by atoms with E-state index in [1.165, 1.54) is 0 Å². The summed E-state index contributed by atoms with van der Waals surface area (Å²) in [5, 5.41) is 0. The first-order chi connectivity index (χ1) is 11.1. The first-order valence-corrected chi connectivity index (χ1v) is 11.1. The van der Waals surface area contributed by atoms with E-state index in [1.54, 1.807) is 38.1 Å². The highest BCUT2D eigenvalue weighted by Gasteiger charge is 2.56. The van der Waals surface area contributed by atoms with Crippen molar-refractivity contribution in [2.24, 2.45) is 0 Å². The number of rotatable bonds is 9. The second kappa shape index (κ2) is 8.44. The molecule has 9 heteroatoms. The summed E-state index contributed by atoms with van der Waals surface area (Å²) in [5.74, 6) is 1.04. The van der Waals surface area contributed by atoms with Crippen LogP contribution in [0.15, 0.2) is 29.2 Å². The monoisotopic (exact) mass is 389 g/mol. The van der Waals surface area contributed by atoms with E-state index in [2.05, 4.69) is 3.63 Å². The maximum Gasteiger partial charge on any atom is 0.572 e. The highest BCUT2D eigenvalue weighted by atomic mass is 32.3. The molecule has 0 amide bonds. The van der Waals surface area contributed by atoms with Crippen molar-refractivity contribution in [1.29, 1.82) is 0 Å². The molecule has 4 nitrogen and oxygen atoms in total. The van der Waals surface area contributed by atoms with Crippen molar-refractivity contribution in [3.63, 3.8) is 0 Å². The number of hydrogen-bond acceptors (Lipinski definition) is 3. The van der Waals surface area contributed by atoms with Gasteiger partial charge in [0.05, 0.1) is 11.5 Å². The van der Waals surface area contributed by atoms with Crippen molar-refractivity contribution in [2.45, 2.75) is 44.0 Å². The van der Waals surface area contributed by atoms with Gasteiger partial charge in [-0.05, 0) is 30.7 Å². The molecule has 0 aliphatic rings. The van der Waals surface area contributed by atoms with E-state index in [4.69, 9.17) is 4.74 Å². The lowest BCUT2D eigenvalue weighted by Gasteiger charge is -2.32. The molecule has 140 valence electrons. The first kappa shape index (κ1) is 21.1. The molecule has 1 N–H and O–H groups in total. The average molecular weight is 389 g/mol. The number of ether oxygens (including phenoxy) is 1. The van der Waals surface area contributed by atoms with E-state index in [0.717, 1.165) is 12.8 Å². The summed E-state index contributed by atoms with van der Waals surface area (Å²) in [6, 6.07) is 6.51. The van der Waals surface area contributed by atoms with E-state index in [0.29, 0.717) is 17.3 Å². The predicted octanol–water partition coefficient (Wildman–Crippen LogP) is 4.93. The molecule has 0 spiro atoms. The number of halogens is 3. The molecular weight excluding hydrogens is 365 g/mol. The SMILES string of the molecule is CCCCOc1ccc(S(CC)(CC)[OH+]S(=O)(=O)C(F)(F)F)cc1. The van der Waals surface area contributed by atoms with Crippen LogP contribution in [0, 0.1) is 0 Å². The lowest BCUT2D eigenvalue weighted by Crippen LogP contribution is -2.31. The molecule has 0 fully saturated rings. The van der Waals surface area contributed by atoms with Crippen molar-refractivity contribution in [3.8, 4) is 5.75 Å². The highest BCUT2D eigenvalue weighted by Crippen LogP contribution is 2.56. The second-order valence-electron chi connectivity index (χ2n) is 5.09. The van der Waals surface area contributed by atoms with Crippen molar-refractivity contribution in [1.82, 2.24) is 0 Å². The Kier molecular flexibility index (Phi) is 7.43. The molecule has 0 aromatic heterocycles. The zero-order valence-electron chi connectivity index (χ0n) is 14.0. The number of unbranched alkanes of at least 4 members (excludes halogenated alkanes) is 1. The summed E-state index contributed by atoms with van der Waals surface area (Å²) in [7, 11) is -8.00. The molecule has 0 unspecified atom stereocenters. The normalized spacial score (nSPS) is 13.8. The Morgan fingerprint density at radius 2 is 1.58 bits per heavy atom. The van der Waals surface area contributed by atoms with E-state index in [-0.39, 0.29) is 11.5 Å². The standard InChI is InChI=1S/C15H23F3O4S2/c1-4-7-12-21-13-8-10-14(11-9-13)23(5-2,6-3)22-24(19,20)15(16,17)18/h8-11H,4-7,12H2,1-3H3/p+1. The topological polar surface area (TPSA) is 56.2 Å². The van der Waals surface area contributed by atoms with Gasteiger partial charge in [0.2, 0.25) is 0 Å². The van der Waals surface area contributed by atoms with Gasteiger partial charge >= 0.3 is 15.6 Å². The minimum Gasteiger partial charge on any atom is -0.494 e. The number of hydrogen-bond donors (Lipinski definition) is 0. The third kappa shape index (κ3) is 5.03. The van der Waals surface area contributed by atoms with Crippen molar-refractivity contribution >= 4 is 20.4 Å². The summed E-state index contributed by atoms with van der Waals surface area (Å²) < 4.78 is 69.9. The Morgan fingerprint density at radius 1 is 1.04 bits per heavy atom. The molecule has 0 saturated carbocycles. The minimum absolute atomic E-state index is 0.217. The third-order valence-electron chi connectivity index (χ3n) is 3.52. The maximum absolute atomic E-state index is 12.7. The van der Waals surface area contributed by atoms with Gasteiger partial charge < -0.3 is 4.74 Å². The largest absolute Gasteiger partial charge is 0.572 e. The predicted molar refractivity (Wildman–Crippen MR) is 91.4 cm³/mol. The van der Waals surface area contributed by atoms with Crippen LogP contribution in [-0.2, 0) is 10.1 Å². The first-order valence-electron chi connectivity index (χ1n) is 7.69. The molecule has 0 radical (unpaired) electrons. The van der Waals surface area contributed by atoms with Crippen LogP contribution in [0.2, 0.25) is 0 Å². The van der Waals surface area contributed by atoms with Gasteiger partial charge in [-0.25, -0.2) is 0 Å². The summed E-state index contributed by atoms with van der Waals surface area (Å²) in [4.78, 5) is 0.503. The van der Waals surface area contributed by atoms with Crippen molar-refractivity contribution in [2.75, 3.05) is 18.1 Å². The van der Waals surface area contributed by atoms with Crippen LogP contribution in [0.4, 0.5) is 13.2 Å². The van der Waals surface area contributed by atoms with E-state index in [9.17, 15) is 21.6 Å². The van der Waals surface area contributed by atoms with Gasteiger partial charge in [-0.15, -0.1) is 8.42 Å². The average Bonchev–Trinajstić information content (AvgIpc) is 2.52. The van der Waals surface area contributed by atoms with Gasteiger partial charge in [-0.1, -0.05) is 27.2 Å². The molecule has 24 heavy (non-hydrogen) atoms. The summed E-state index contributed by atoms with van der Waals surface area (Å²) in [5.41, 5.74) is -5.38. The molecule has 1 rings (SSSR count). The Bertz CT molecular complexity index is 609. The molecule has 0 saturated heterocycles. The lowest BCUT2D eigenvalue weighted by atomic mass is 10.3. The van der Waals surface area contributed by atoms with Crippen molar-refractivity contribution in [3.05, 3.63) is 24.3 Å². The summed E-state index contributed by atoms with van der Waals surface area (Å²) >= 11 is 0. The van der Waals surface area contributed by atoms with Crippen molar-refractivity contribution < 1.29 is 30.0 Å². The Labute approximate surface area is 143 Å². The van der Waals surface area contributed by atoms with Crippen LogP contribution in [0.5, 0.6) is 5.75 Å². The zero-order chi connectivity index (χ0) is 18.4. The van der Waals surface area contributed by atoms with Crippen LogP contribution in [-0.4, -0.2) is 35.7 Å². The maximum atomic E-state index is 12.7. The van der Waals surface area contributed by atoms with Crippen LogP contribution >= 0.6 is 10.3 Å². The second-order valence-corrected chi connectivity index (χ2v) is 10.4. The summed E-state index contributed by atoms with van der Waals surface area (Å²) in [6.07, 6.45) is 1.89. The molecule has 0 aliphatic heterocycles. The Morgan fingerprint density at radius 3 is 2.00 bits per heavy atom. The fourth-order valence-electron chi connectivity index (χ4n) is 2.04. The van der Waals surface area contributed by atoms with Crippen LogP contribution < -0.4 is 4.74 Å². The van der Waals surface area contributed by atoms with E-state index < -0.39 is 25.9 Å². The molecule has 1 aromatic rings. The number of benzene rings is 1. The van der Waals surface area contributed by atoms with E-state index in [1.807, 2.05) is 6.92 Å². The van der Waals surface area contributed by atoms with Gasteiger partial charge in [0.15, 0.2) is 0 Å². The fourth-order valence-corrected chi connectivity index (χ4v) is 6.79. The van der Waals surface area contributed by atoms with E-state index >= 15 is 0 Å². The highest BCUT2D eigenvalue weighted by molar-refractivity contribution is 8.32. The molecule has 1 aromatic carbocycles. The van der Waals surface area contributed by atoms with Gasteiger partial charge in [0.25, 0.3) is 0 Å². The quantitative estimate of drug-likeness (QED) is 0.260. The minimum atomic E-state index is -5.52.